The number of aryl methyl sites for hydroxylation is 1. The number of hydrogen-bond acceptors (Lipinski definition) is 4. The largest absolute Gasteiger partial charge is 0.444 e. The van der Waals surface area contributed by atoms with Crippen LogP contribution in [0.5, 0.6) is 0 Å². The van der Waals surface area contributed by atoms with Gasteiger partial charge in [-0.25, -0.2) is 19.2 Å². The van der Waals surface area contributed by atoms with Crippen LogP contribution >= 0.6 is 15.9 Å². The number of alkyl halides is 1. The lowest BCUT2D eigenvalue weighted by atomic mass is 9.96. The number of rotatable bonds is 2. The molecule has 1 aliphatic heterocycles. The first-order chi connectivity index (χ1) is 11.1. The molecule has 1 aliphatic rings. The smallest absolute Gasteiger partial charge is 0.410 e. The van der Waals surface area contributed by atoms with Crippen LogP contribution < -0.4 is 0 Å². The van der Waals surface area contributed by atoms with Crippen molar-refractivity contribution in [3.63, 3.8) is 0 Å². The van der Waals surface area contributed by atoms with Crippen LogP contribution in [0.4, 0.5) is 9.18 Å². The molecular formula is C16H20BrFN4O2. The van der Waals surface area contributed by atoms with Gasteiger partial charge in [0.15, 0.2) is 11.3 Å². The minimum absolute atomic E-state index is 0.0163. The second-order valence-corrected chi connectivity index (χ2v) is 8.14. The second kappa shape index (κ2) is 5.68. The van der Waals surface area contributed by atoms with Crippen molar-refractivity contribution >= 4 is 33.2 Å². The number of likely N-dealkylation sites (tertiary alicyclic amines) is 1. The van der Waals surface area contributed by atoms with E-state index >= 15 is 0 Å². The van der Waals surface area contributed by atoms with Crippen molar-refractivity contribution in [3.05, 3.63) is 22.6 Å². The fourth-order valence-electron chi connectivity index (χ4n) is 2.77. The van der Waals surface area contributed by atoms with Crippen LogP contribution in [0, 0.1) is 6.92 Å². The highest BCUT2D eigenvalue weighted by Gasteiger charge is 2.47. The summed E-state index contributed by atoms with van der Waals surface area (Å²) in [4.78, 5) is 21.9. The molecule has 6 nitrogen and oxygen atoms in total. The van der Waals surface area contributed by atoms with Gasteiger partial charge in [0.1, 0.15) is 11.4 Å². The highest BCUT2D eigenvalue weighted by Crippen LogP contribution is 2.31. The Labute approximate surface area is 148 Å². The third-order valence-corrected chi connectivity index (χ3v) is 4.24. The maximum atomic E-state index is 15.0. The Kier molecular flexibility index (Phi) is 4.06. The van der Waals surface area contributed by atoms with Crippen molar-refractivity contribution in [2.45, 2.75) is 45.5 Å². The van der Waals surface area contributed by atoms with Gasteiger partial charge in [0.2, 0.25) is 0 Å². The van der Waals surface area contributed by atoms with E-state index in [1.165, 1.54) is 4.90 Å². The van der Waals surface area contributed by atoms with Gasteiger partial charge in [0.25, 0.3) is 0 Å². The molecule has 3 rings (SSSR count). The Bertz CT molecular complexity index is 793. The summed E-state index contributed by atoms with van der Waals surface area (Å²) in [6.45, 7) is 7.36. The zero-order valence-corrected chi connectivity index (χ0v) is 15.7. The van der Waals surface area contributed by atoms with E-state index in [4.69, 9.17) is 4.74 Å². The van der Waals surface area contributed by atoms with Crippen LogP contribution in [-0.2, 0) is 11.3 Å². The number of amides is 1. The molecule has 0 bridgehead atoms. The predicted octanol–water partition coefficient (Wildman–Crippen LogP) is 3.46. The standard InChI is InChI=1S/C16H20BrFN4O2/c1-10-20-13-12(5-11(17)6-19-13)22(10)9-16(18)7-21(8-16)14(23)24-15(2,3)4/h5-6H,7-9H2,1-4H3. The molecule has 0 aliphatic carbocycles. The minimum atomic E-state index is -1.49. The summed E-state index contributed by atoms with van der Waals surface area (Å²) in [6.07, 6.45) is 1.19. The van der Waals surface area contributed by atoms with Gasteiger partial charge in [0, 0.05) is 10.7 Å². The summed E-state index contributed by atoms with van der Waals surface area (Å²) in [5, 5.41) is 0. The lowest BCUT2D eigenvalue weighted by Gasteiger charge is -2.44. The molecule has 1 saturated heterocycles. The third kappa shape index (κ3) is 3.38. The van der Waals surface area contributed by atoms with Crippen LogP contribution in [0.1, 0.15) is 26.6 Å². The van der Waals surface area contributed by atoms with Gasteiger partial charge in [-0.2, -0.15) is 0 Å². The Hall–Kier alpha value is -1.70. The zero-order chi connectivity index (χ0) is 17.7. The van der Waals surface area contributed by atoms with Crippen molar-refractivity contribution in [1.29, 1.82) is 0 Å². The number of nitrogens with zero attached hydrogens (tertiary/aromatic N) is 4. The highest BCUT2D eigenvalue weighted by molar-refractivity contribution is 9.10. The maximum Gasteiger partial charge on any atom is 0.410 e. The van der Waals surface area contributed by atoms with Gasteiger partial charge in [-0.3, -0.25) is 0 Å². The van der Waals surface area contributed by atoms with Crippen molar-refractivity contribution < 1.29 is 13.9 Å². The van der Waals surface area contributed by atoms with Crippen LogP contribution in [0.25, 0.3) is 11.2 Å². The molecule has 0 aromatic carbocycles. The number of pyridine rings is 1. The predicted molar refractivity (Wildman–Crippen MR) is 91.6 cm³/mol. The van der Waals surface area contributed by atoms with Crippen LogP contribution in [0.3, 0.4) is 0 Å². The number of hydrogen-bond donors (Lipinski definition) is 0. The topological polar surface area (TPSA) is 60.2 Å². The highest BCUT2D eigenvalue weighted by atomic mass is 79.9. The summed E-state index contributed by atoms with van der Waals surface area (Å²) in [5.74, 6) is 0.698. The van der Waals surface area contributed by atoms with E-state index in [1.807, 2.05) is 13.0 Å². The molecule has 24 heavy (non-hydrogen) atoms. The molecule has 2 aromatic heterocycles. The number of ether oxygens (including phenoxy) is 1. The Morgan fingerprint density at radius 2 is 2.12 bits per heavy atom. The van der Waals surface area contributed by atoms with Gasteiger partial charge < -0.3 is 14.2 Å². The maximum absolute atomic E-state index is 15.0. The molecule has 8 heteroatoms. The third-order valence-electron chi connectivity index (χ3n) is 3.80. The summed E-state index contributed by atoms with van der Waals surface area (Å²) >= 11 is 3.38. The SMILES string of the molecule is Cc1nc2ncc(Br)cc2n1CC1(F)CN(C(=O)OC(C)(C)C)C1. The summed E-state index contributed by atoms with van der Waals surface area (Å²) in [5.41, 5.74) is -0.713. The molecule has 2 aromatic rings. The Morgan fingerprint density at radius 3 is 2.75 bits per heavy atom. The van der Waals surface area contributed by atoms with Gasteiger partial charge in [0.05, 0.1) is 25.2 Å². The fraction of sp³-hybridized carbons (Fsp3) is 0.562. The quantitative estimate of drug-likeness (QED) is 0.776. The van der Waals surface area contributed by atoms with E-state index in [2.05, 4.69) is 25.9 Å². The minimum Gasteiger partial charge on any atom is -0.444 e. The first-order valence-corrected chi connectivity index (χ1v) is 8.51. The number of aromatic nitrogens is 3. The summed E-state index contributed by atoms with van der Waals surface area (Å²) in [7, 11) is 0. The van der Waals surface area contributed by atoms with E-state index in [-0.39, 0.29) is 19.6 Å². The van der Waals surface area contributed by atoms with E-state index < -0.39 is 17.4 Å². The molecule has 0 unspecified atom stereocenters. The van der Waals surface area contributed by atoms with Gasteiger partial charge in [-0.15, -0.1) is 0 Å². The number of halogens is 2. The molecule has 130 valence electrons. The molecule has 0 N–H and O–H groups in total. The molecule has 0 saturated carbocycles. The average Bonchev–Trinajstić information content (AvgIpc) is 2.70. The van der Waals surface area contributed by atoms with E-state index in [0.29, 0.717) is 11.5 Å². The van der Waals surface area contributed by atoms with Crippen molar-refractivity contribution in [1.82, 2.24) is 19.4 Å². The van der Waals surface area contributed by atoms with E-state index in [9.17, 15) is 9.18 Å². The summed E-state index contributed by atoms with van der Waals surface area (Å²) < 4.78 is 22.9. The van der Waals surface area contributed by atoms with Crippen molar-refractivity contribution in [2.75, 3.05) is 13.1 Å². The number of carbonyl (C=O) groups is 1. The Morgan fingerprint density at radius 1 is 1.46 bits per heavy atom. The molecule has 0 spiro atoms. The van der Waals surface area contributed by atoms with Crippen molar-refractivity contribution in [2.24, 2.45) is 0 Å². The second-order valence-electron chi connectivity index (χ2n) is 7.23. The van der Waals surface area contributed by atoms with E-state index in [0.717, 1.165) is 9.99 Å². The average molecular weight is 399 g/mol. The first-order valence-electron chi connectivity index (χ1n) is 7.72. The van der Waals surface area contributed by atoms with Gasteiger partial charge in [-0.1, -0.05) is 0 Å². The number of carbonyl (C=O) groups excluding carboxylic acids is 1. The molecule has 1 fully saturated rings. The number of imidazole rings is 1. The van der Waals surface area contributed by atoms with Crippen molar-refractivity contribution in [3.8, 4) is 0 Å². The summed E-state index contributed by atoms with van der Waals surface area (Å²) in [6, 6.07) is 1.87. The Balaban J connectivity index is 1.73. The van der Waals surface area contributed by atoms with E-state index in [1.54, 1.807) is 31.5 Å². The normalized spacial score (nSPS) is 17.0. The molecule has 1 amide bonds. The van der Waals surface area contributed by atoms with Crippen LogP contribution in [0.2, 0.25) is 0 Å². The first kappa shape index (κ1) is 17.1. The molecule has 3 heterocycles. The number of fused-ring (bicyclic) bond motifs is 1. The van der Waals surface area contributed by atoms with Gasteiger partial charge in [-0.05, 0) is 49.7 Å². The molecular weight excluding hydrogens is 379 g/mol. The monoisotopic (exact) mass is 398 g/mol. The van der Waals surface area contributed by atoms with Gasteiger partial charge >= 0.3 is 6.09 Å². The van der Waals surface area contributed by atoms with Crippen LogP contribution in [0.15, 0.2) is 16.7 Å². The molecule has 0 atom stereocenters. The fourth-order valence-corrected chi connectivity index (χ4v) is 3.09. The zero-order valence-electron chi connectivity index (χ0n) is 14.1. The lowest BCUT2D eigenvalue weighted by molar-refractivity contribution is -0.0576. The lowest BCUT2D eigenvalue weighted by Crippen LogP contribution is -2.63. The van der Waals surface area contributed by atoms with Crippen LogP contribution in [-0.4, -0.2) is 49.9 Å². The molecule has 0 radical (unpaired) electrons.